The van der Waals surface area contributed by atoms with Crippen molar-refractivity contribution in [3.05, 3.63) is 27.9 Å². The Morgan fingerprint density at radius 2 is 2.33 bits per heavy atom. The second-order valence-corrected chi connectivity index (χ2v) is 6.12. The summed E-state index contributed by atoms with van der Waals surface area (Å²) in [6.07, 6.45) is 6.50. The summed E-state index contributed by atoms with van der Waals surface area (Å²) in [6.45, 7) is 1.55. The van der Waals surface area contributed by atoms with Crippen LogP contribution in [0.25, 0.3) is 0 Å². The molecule has 114 valence electrons. The Hall–Kier alpha value is -1.83. The van der Waals surface area contributed by atoms with Crippen molar-refractivity contribution >= 4 is 29.2 Å². The van der Waals surface area contributed by atoms with Crippen LogP contribution < -0.4 is 10.6 Å². The Morgan fingerprint density at radius 1 is 1.57 bits per heavy atom. The first-order valence-electron chi connectivity index (χ1n) is 6.75. The first-order valence-corrected chi connectivity index (χ1v) is 8.03. The van der Waals surface area contributed by atoms with Crippen molar-refractivity contribution in [2.45, 2.75) is 24.5 Å². The van der Waals surface area contributed by atoms with Gasteiger partial charge in [-0.1, -0.05) is 6.42 Å². The highest BCUT2D eigenvalue weighted by Gasteiger charge is 2.24. The molecule has 0 saturated carbocycles. The van der Waals surface area contributed by atoms with Gasteiger partial charge in [-0.25, -0.2) is 4.98 Å². The first-order chi connectivity index (χ1) is 10.0. The van der Waals surface area contributed by atoms with Crippen LogP contribution in [0.4, 0.5) is 11.5 Å². The van der Waals surface area contributed by atoms with Crippen LogP contribution >= 0.6 is 11.8 Å². The van der Waals surface area contributed by atoms with Crippen LogP contribution in [0.15, 0.2) is 12.3 Å². The molecule has 0 bridgehead atoms. The number of nitrogens with two attached hydrogens (primary N) is 1. The molecular weight excluding hydrogens is 292 g/mol. The Morgan fingerprint density at radius 3 is 2.95 bits per heavy atom. The number of nitrogens with zero attached hydrogens (tertiary/aromatic N) is 3. The van der Waals surface area contributed by atoms with Crippen LogP contribution in [0.1, 0.15) is 29.6 Å². The molecule has 1 saturated heterocycles. The van der Waals surface area contributed by atoms with Crippen LogP contribution in [0.5, 0.6) is 0 Å². The van der Waals surface area contributed by atoms with Crippen molar-refractivity contribution in [2.75, 3.05) is 24.2 Å². The molecule has 1 aromatic heterocycles. The van der Waals surface area contributed by atoms with Crippen molar-refractivity contribution in [3.63, 3.8) is 0 Å². The summed E-state index contributed by atoms with van der Waals surface area (Å²) >= 11 is 1.79. The van der Waals surface area contributed by atoms with Gasteiger partial charge >= 0.3 is 0 Å². The number of carbonyl (C=O) groups is 1. The molecule has 0 spiro atoms. The Labute approximate surface area is 127 Å². The fraction of sp³-hybridized carbons (Fsp3) is 0.538. The largest absolute Gasteiger partial charge is 0.365 e. The summed E-state index contributed by atoms with van der Waals surface area (Å²) in [7, 11) is 0. The minimum atomic E-state index is -0.689. The predicted octanol–water partition coefficient (Wildman–Crippen LogP) is 1.81. The highest BCUT2D eigenvalue weighted by atomic mass is 32.2. The number of hydrogen-bond acceptors (Lipinski definition) is 6. The standard InChI is InChI=1S/C13H18N4O3S/c1-21-10-4-2-3-5-16(8-10)13-11(12(14)18)6-9(7-15-13)17(19)20/h6-7,10H,2-5,8H2,1H3,(H2,14,18). The van der Waals surface area contributed by atoms with Crippen molar-refractivity contribution in [1.29, 1.82) is 0 Å². The van der Waals surface area contributed by atoms with Gasteiger partial charge in [-0.15, -0.1) is 0 Å². The third-order valence-electron chi connectivity index (χ3n) is 3.59. The smallest absolute Gasteiger partial charge is 0.288 e. The maximum Gasteiger partial charge on any atom is 0.288 e. The molecule has 1 aromatic rings. The van der Waals surface area contributed by atoms with E-state index in [2.05, 4.69) is 11.2 Å². The quantitative estimate of drug-likeness (QED) is 0.672. The van der Waals surface area contributed by atoms with E-state index in [1.165, 1.54) is 12.3 Å². The summed E-state index contributed by atoms with van der Waals surface area (Å²) in [6, 6.07) is 1.21. The molecule has 0 aliphatic carbocycles. The number of amides is 1. The van der Waals surface area contributed by atoms with E-state index in [9.17, 15) is 14.9 Å². The molecule has 1 amide bonds. The molecule has 7 nitrogen and oxygen atoms in total. The zero-order chi connectivity index (χ0) is 15.4. The van der Waals surface area contributed by atoms with E-state index in [0.717, 1.165) is 32.4 Å². The highest BCUT2D eigenvalue weighted by molar-refractivity contribution is 7.99. The summed E-state index contributed by atoms with van der Waals surface area (Å²) < 4.78 is 0. The maximum atomic E-state index is 11.6. The lowest BCUT2D eigenvalue weighted by Gasteiger charge is -2.25. The molecule has 2 rings (SSSR count). The molecule has 21 heavy (non-hydrogen) atoms. The summed E-state index contributed by atoms with van der Waals surface area (Å²) in [5, 5.41) is 11.3. The number of thioether (sulfide) groups is 1. The lowest BCUT2D eigenvalue weighted by atomic mass is 10.2. The van der Waals surface area contributed by atoms with Gasteiger partial charge in [-0.3, -0.25) is 14.9 Å². The van der Waals surface area contributed by atoms with Crippen molar-refractivity contribution in [3.8, 4) is 0 Å². The molecule has 1 atom stereocenters. The predicted molar refractivity (Wildman–Crippen MR) is 82.8 cm³/mol. The molecule has 2 N–H and O–H groups in total. The minimum absolute atomic E-state index is 0.117. The molecule has 2 heterocycles. The molecular formula is C13H18N4O3S. The molecule has 0 radical (unpaired) electrons. The molecule has 8 heteroatoms. The zero-order valence-electron chi connectivity index (χ0n) is 11.8. The Kier molecular flexibility index (Phi) is 5.00. The number of rotatable bonds is 4. The van der Waals surface area contributed by atoms with Gasteiger partial charge in [-0.05, 0) is 19.1 Å². The molecule has 1 unspecified atom stereocenters. The maximum absolute atomic E-state index is 11.6. The van der Waals surface area contributed by atoms with Gasteiger partial charge in [0.25, 0.3) is 11.6 Å². The Bertz CT molecular complexity index is 552. The summed E-state index contributed by atoms with van der Waals surface area (Å²) in [4.78, 5) is 28.0. The van der Waals surface area contributed by atoms with Crippen LogP contribution in [0.2, 0.25) is 0 Å². The fourth-order valence-electron chi connectivity index (χ4n) is 2.47. The average Bonchev–Trinajstić information content (AvgIpc) is 2.71. The van der Waals surface area contributed by atoms with E-state index >= 15 is 0 Å². The van der Waals surface area contributed by atoms with Gasteiger partial charge in [0.1, 0.15) is 12.0 Å². The first kappa shape index (κ1) is 15.6. The highest BCUT2D eigenvalue weighted by Crippen LogP contribution is 2.27. The van der Waals surface area contributed by atoms with E-state index < -0.39 is 10.8 Å². The topological polar surface area (TPSA) is 102 Å². The monoisotopic (exact) mass is 310 g/mol. The van der Waals surface area contributed by atoms with E-state index in [0.29, 0.717) is 11.1 Å². The number of hydrogen-bond donors (Lipinski definition) is 1. The lowest BCUT2D eigenvalue weighted by molar-refractivity contribution is -0.385. The second kappa shape index (κ2) is 6.75. The van der Waals surface area contributed by atoms with Gasteiger partial charge in [-0.2, -0.15) is 11.8 Å². The van der Waals surface area contributed by atoms with Crippen LogP contribution in [0, 0.1) is 10.1 Å². The molecule has 1 aliphatic rings. The van der Waals surface area contributed by atoms with Crippen molar-refractivity contribution in [2.24, 2.45) is 5.73 Å². The number of nitro groups is 1. The minimum Gasteiger partial charge on any atom is -0.365 e. The van der Waals surface area contributed by atoms with E-state index in [1.54, 1.807) is 11.8 Å². The van der Waals surface area contributed by atoms with Gasteiger partial charge in [0.05, 0.1) is 10.5 Å². The average molecular weight is 310 g/mol. The number of aromatic nitrogens is 1. The van der Waals surface area contributed by atoms with Crippen LogP contribution in [-0.4, -0.2) is 40.4 Å². The number of pyridine rings is 1. The Balaban J connectivity index is 2.37. The number of anilines is 1. The molecule has 1 fully saturated rings. The SMILES string of the molecule is CSC1CCCCN(c2ncc([N+](=O)[O-])cc2C(N)=O)C1. The number of carbonyl (C=O) groups excluding carboxylic acids is 1. The molecule has 0 aromatic carbocycles. The lowest BCUT2D eigenvalue weighted by Crippen LogP contribution is -2.32. The van der Waals surface area contributed by atoms with E-state index in [4.69, 9.17) is 5.73 Å². The zero-order valence-corrected chi connectivity index (χ0v) is 12.6. The van der Waals surface area contributed by atoms with E-state index in [1.807, 2.05) is 4.90 Å². The number of primary amides is 1. The molecule has 1 aliphatic heterocycles. The van der Waals surface area contributed by atoms with Crippen LogP contribution in [-0.2, 0) is 0 Å². The van der Waals surface area contributed by atoms with Gasteiger partial charge in [0.2, 0.25) is 0 Å². The fourth-order valence-corrected chi connectivity index (χ4v) is 3.20. The van der Waals surface area contributed by atoms with Gasteiger partial charge in [0, 0.05) is 24.4 Å². The third-order valence-corrected chi connectivity index (χ3v) is 4.64. The summed E-state index contributed by atoms with van der Waals surface area (Å²) in [5.74, 6) is -0.236. The van der Waals surface area contributed by atoms with Gasteiger partial charge < -0.3 is 10.6 Å². The van der Waals surface area contributed by atoms with Crippen LogP contribution in [0.3, 0.4) is 0 Å². The third kappa shape index (κ3) is 3.63. The normalized spacial score (nSPS) is 19.1. The second-order valence-electron chi connectivity index (χ2n) is 4.99. The van der Waals surface area contributed by atoms with Gasteiger partial charge in [0.15, 0.2) is 0 Å². The summed E-state index contributed by atoms with van der Waals surface area (Å²) in [5.41, 5.74) is 5.26. The van der Waals surface area contributed by atoms with Crippen molar-refractivity contribution < 1.29 is 9.72 Å². The van der Waals surface area contributed by atoms with E-state index in [-0.39, 0.29) is 11.3 Å². The van der Waals surface area contributed by atoms with Crippen molar-refractivity contribution in [1.82, 2.24) is 4.98 Å².